The second-order valence-electron chi connectivity index (χ2n) is 0.876. The summed E-state index contributed by atoms with van der Waals surface area (Å²) in [6.07, 6.45) is 0. The Morgan fingerprint density at radius 2 is 2.17 bits per heavy atom. The minimum atomic E-state index is 0.477. The first-order valence-corrected chi connectivity index (χ1v) is 2.05. The van der Waals surface area contributed by atoms with Crippen LogP contribution in [0.15, 0.2) is 0 Å². The number of nitrogens with two attached hydrogens (primary N) is 2. The van der Waals surface area contributed by atoms with Gasteiger partial charge in [0.1, 0.15) is 0 Å². The molecule has 1 atom stereocenters. The van der Waals surface area contributed by atoms with Crippen molar-refractivity contribution in [3.05, 3.63) is 0 Å². The van der Waals surface area contributed by atoms with Gasteiger partial charge in [-0.15, -0.1) is 0 Å². The van der Waals surface area contributed by atoms with Gasteiger partial charge in [0.2, 0.25) is 0 Å². The summed E-state index contributed by atoms with van der Waals surface area (Å²) >= 11 is 0. The summed E-state index contributed by atoms with van der Waals surface area (Å²) in [6, 6.07) is 0. The highest BCUT2D eigenvalue weighted by Gasteiger charge is 1.78. The zero-order valence-corrected chi connectivity index (χ0v) is 4.54. The summed E-state index contributed by atoms with van der Waals surface area (Å²) < 4.78 is 0. The van der Waals surface area contributed by atoms with Crippen molar-refractivity contribution >= 4 is 9.39 Å². The average Bonchev–Trinajstić information content (AvgIpc) is 1.35. The van der Waals surface area contributed by atoms with Crippen LogP contribution in [0.1, 0.15) is 0 Å². The minimum absolute atomic E-state index is 0.477. The fraction of sp³-hybridized carbons (Fsp3) is 1.00. The van der Waals surface area contributed by atoms with Gasteiger partial charge < -0.3 is 0 Å². The monoisotopic (exact) mass is 108 g/mol. The third kappa shape index (κ3) is 4.27. The summed E-state index contributed by atoms with van der Waals surface area (Å²) in [7, 11) is 2.27. The number of nitrogens with one attached hydrogen (secondary N) is 1. The van der Waals surface area contributed by atoms with E-state index in [0.717, 1.165) is 5.12 Å². The molecule has 5 heteroatoms. The molecule has 38 valence electrons. The van der Waals surface area contributed by atoms with Crippen LogP contribution in [0.25, 0.3) is 0 Å². The molecule has 0 radical (unpaired) electrons. The van der Waals surface area contributed by atoms with E-state index < -0.39 is 0 Å². The zero-order chi connectivity index (χ0) is 4.99. The molecule has 0 fully saturated rings. The van der Waals surface area contributed by atoms with E-state index in [9.17, 15) is 0 Å². The van der Waals surface area contributed by atoms with Crippen molar-refractivity contribution in [2.45, 2.75) is 0 Å². The van der Waals surface area contributed by atoms with Crippen LogP contribution in [0, 0.1) is 0 Å². The number of hydrogen-bond donors (Lipinski definition) is 3. The molecule has 0 spiro atoms. The predicted molar refractivity (Wildman–Crippen MR) is 27.9 cm³/mol. The standard InChI is InChI=1S/CH9N4P/c2-5(3)1-4-6/h4H,1-3,6H2. The Kier molecular flexibility index (Phi) is 3.62. The average molecular weight is 108 g/mol. The SMILES string of the molecule is NN(N)CNP. The van der Waals surface area contributed by atoms with Gasteiger partial charge in [-0.3, -0.25) is 16.8 Å². The fourth-order valence-electron chi connectivity index (χ4n) is 0.105. The van der Waals surface area contributed by atoms with E-state index in [2.05, 4.69) is 14.5 Å². The molecule has 0 rings (SSSR count). The van der Waals surface area contributed by atoms with Gasteiger partial charge in [0.05, 0.1) is 6.67 Å². The molecule has 0 bridgehead atoms. The van der Waals surface area contributed by atoms with Crippen LogP contribution in [0.3, 0.4) is 0 Å². The first kappa shape index (κ1) is 6.27. The predicted octanol–water partition coefficient (Wildman–Crippen LogP) is -1.63. The highest BCUT2D eigenvalue weighted by Crippen LogP contribution is 1.62. The molecule has 0 aromatic rings. The topological polar surface area (TPSA) is 67.3 Å². The van der Waals surface area contributed by atoms with Crippen molar-refractivity contribution in [2.24, 2.45) is 11.7 Å². The summed E-state index contributed by atoms with van der Waals surface area (Å²) in [4.78, 5) is 0. The number of hydrazine groups is 2. The van der Waals surface area contributed by atoms with E-state index in [1.54, 1.807) is 0 Å². The summed E-state index contributed by atoms with van der Waals surface area (Å²) in [5.41, 5.74) is 0. The highest BCUT2D eigenvalue weighted by molar-refractivity contribution is 7.13. The van der Waals surface area contributed by atoms with Crippen molar-refractivity contribution in [3.63, 3.8) is 0 Å². The Balaban J connectivity index is 2.63. The van der Waals surface area contributed by atoms with Crippen LogP contribution >= 0.6 is 9.39 Å². The largest absolute Gasteiger partial charge is 0.285 e. The lowest BCUT2D eigenvalue weighted by Crippen LogP contribution is -2.42. The van der Waals surface area contributed by atoms with Crippen LogP contribution in [0.5, 0.6) is 0 Å². The lowest BCUT2D eigenvalue weighted by molar-refractivity contribution is 0.293. The Bertz CT molecular complexity index is 28.7. The van der Waals surface area contributed by atoms with Gasteiger partial charge in [-0.2, -0.15) is 5.12 Å². The molecule has 6 heavy (non-hydrogen) atoms. The van der Waals surface area contributed by atoms with Gasteiger partial charge >= 0.3 is 0 Å². The second kappa shape index (κ2) is 3.46. The smallest absolute Gasteiger partial charge is 0.0803 e. The Morgan fingerprint density at radius 3 is 2.17 bits per heavy atom. The van der Waals surface area contributed by atoms with E-state index >= 15 is 0 Å². The molecule has 0 aromatic heterocycles. The van der Waals surface area contributed by atoms with E-state index in [1.807, 2.05) is 0 Å². The molecule has 0 amide bonds. The summed E-state index contributed by atoms with van der Waals surface area (Å²) in [5, 5.41) is 3.71. The normalized spacial score (nSPS) is 10.0. The van der Waals surface area contributed by atoms with E-state index in [0.29, 0.717) is 6.67 Å². The zero-order valence-electron chi connectivity index (χ0n) is 3.39. The van der Waals surface area contributed by atoms with Crippen LogP contribution < -0.4 is 16.8 Å². The van der Waals surface area contributed by atoms with Crippen molar-refractivity contribution in [2.75, 3.05) is 6.67 Å². The van der Waals surface area contributed by atoms with Gasteiger partial charge in [0.25, 0.3) is 0 Å². The molecule has 0 aromatic carbocycles. The molecule has 0 saturated heterocycles. The van der Waals surface area contributed by atoms with Crippen molar-refractivity contribution in [3.8, 4) is 0 Å². The lowest BCUT2D eigenvalue weighted by Gasteiger charge is -2.04. The summed E-state index contributed by atoms with van der Waals surface area (Å²) in [6.45, 7) is 0.477. The molecule has 4 nitrogen and oxygen atoms in total. The lowest BCUT2D eigenvalue weighted by atomic mass is 11.2. The molecule has 0 aliphatic carbocycles. The van der Waals surface area contributed by atoms with Gasteiger partial charge in [-0.1, -0.05) is 9.39 Å². The maximum Gasteiger partial charge on any atom is 0.0803 e. The Hall–Kier alpha value is 0.270. The van der Waals surface area contributed by atoms with Crippen LogP contribution in [-0.2, 0) is 0 Å². The fourth-order valence-corrected chi connectivity index (χ4v) is 0.316. The van der Waals surface area contributed by atoms with Gasteiger partial charge in [0, 0.05) is 0 Å². The van der Waals surface area contributed by atoms with Gasteiger partial charge in [0.15, 0.2) is 0 Å². The van der Waals surface area contributed by atoms with Crippen molar-refractivity contribution < 1.29 is 0 Å². The Labute approximate surface area is 39.1 Å². The van der Waals surface area contributed by atoms with Crippen LogP contribution in [-0.4, -0.2) is 11.8 Å². The quantitative estimate of drug-likeness (QED) is 0.172. The Morgan fingerprint density at radius 1 is 1.67 bits per heavy atom. The van der Waals surface area contributed by atoms with E-state index in [1.165, 1.54) is 0 Å². The van der Waals surface area contributed by atoms with E-state index in [-0.39, 0.29) is 0 Å². The minimum Gasteiger partial charge on any atom is -0.285 e. The maximum atomic E-state index is 4.94. The molecule has 0 heterocycles. The number of nitrogens with zero attached hydrogens (tertiary/aromatic N) is 1. The first-order valence-electron chi connectivity index (χ1n) is 1.47. The number of hydrogen-bond acceptors (Lipinski definition) is 4. The van der Waals surface area contributed by atoms with E-state index in [4.69, 9.17) is 11.7 Å². The molecular weight excluding hydrogens is 99.0 g/mol. The maximum absolute atomic E-state index is 4.94. The van der Waals surface area contributed by atoms with Crippen molar-refractivity contribution in [1.29, 1.82) is 0 Å². The summed E-state index contributed by atoms with van der Waals surface area (Å²) in [5.74, 6) is 9.88. The van der Waals surface area contributed by atoms with Gasteiger partial charge in [-0.25, -0.2) is 0 Å². The highest BCUT2D eigenvalue weighted by atomic mass is 31.0. The third-order valence-electron chi connectivity index (χ3n) is 0.274. The molecular formula is CH9N4P. The van der Waals surface area contributed by atoms with Crippen LogP contribution in [0.2, 0.25) is 0 Å². The third-order valence-corrected chi connectivity index (χ3v) is 0.456. The molecule has 1 unspecified atom stereocenters. The molecule has 5 N–H and O–H groups in total. The molecule has 0 aliphatic rings. The van der Waals surface area contributed by atoms with Gasteiger partial charge in [-0.05, 0) is 0 Å². The molecule has 0 aliphatic heterocycles. The molecule has 0 saturated carbocycles. The number of rotatable bonds is 2. The van der Waals surface area contributed by atoms with Crippen LogP contribution in [0.4, 0.5) is 0 Å². The first-order chi connectivity index (χ1) is 2.77. The van der Waals surface area contributed by atoms with Crippen molar-refractivity contribution in [1.82, 2.24) is 10.2 Å². The second-order valence-corrected chi connectivity index (χ2v) is 1.28.